The maximum absolute atomic E-state index is 12.9. The molecule has 0 saturated carbocycles. The number of hydrogen-bond donors (Lipinski definition) is 3. The molecule has 44 heavy (non-hydrogen) atoms. The Kier molecular flexibility index (Phi) is 7.88. The Hall–Kier alpha value is -2.14. The van der Waals surface area contributed by atoms with E-state index in [-0.39, 0.29) is 90.9 Å². The average molecular weight is 665 g/mol. The number of carboxylic acid groups (broad SMARTS) is 1. The number of hydrogen-bond acceptors (Lipinski definition) is 9. The van der Waals surface area contributed by atoms with E-state index in [1.807, 2.05) is 41.5 Å². The summed E-state index contributed by atoms with van der Waals surface area (Å²) in [4.78, 5) is 13.3. The Balaban J connectivity index is 0.00000384. The van der Waals surface area contributed by atoms with Crippen LogP contribution >= 0.6 is 0 Å². The smallest absolute Gasteiger partial charge is 0.744 e. The van der Waals surface area contributed by atoms with Gasteiger partial charge in [-0.15, -0.1) is 0 Å². The monoisotopic (exact) mass is 664 g/mol. The fraction of sp³-hybridized carbons (Fsp3) is 0.333. The second kappa shape index (κ2) is 10.4. The number of carboxylic acids is 1. The molecule has 2 unspecified atom stereocenters. The quantitative estimate of drug-likeness (QED) is 0.163. The molecule has 0 aromatic heterocycles. The summed E-state index contributed by atoms with van der Waals surface area (Å²) in [6.45, 7) is 11.3. The summed E-state index contributed by atoms with van der Waals surface area (Å²) in [5.74, 6) is -1.99. The van der Waals surface area contributed by atoms with Crippen molar-refractivity contribution in [3.05, 3.63) is 74.8 Å². The number of fused-ring (bicyclic) bond motifs is 4. The second-order valence-corrected chi connectivity index (χ2v) is 15.1. The average Bonchev–Trinajstić information content (AvgIpc) is 3.24. The minimum Gasteiger partial charge on any atom is -0.744 e. The third-order valence-electron chi connectivity index (χ3n) is 9.41. The molecule has 14 heteroatoms. The van der Waals surface area contributed by atoms with Gasteiger partial charge < -0.3 is 24.3 Å². The summed E-state index contributed by atoms with van der Waals surface area (Å²) in [7, 11) is -10.5. The van der Waals surface area contributed by atoms with Gasteiger partial charge in [0.25, 0.3) is 0 Å². The van der Waals surface area contributed by atoms with Crippen LogP contribution in [0, 0.1) is 0 Å². The molecule has 0 aliphatic carbocycles. The zero-order valence-corrected chi connectivity index (χ0v) is 29.9. The fourth-order valence-corrected chi connectivity index (χ4v) is 7.83. The third-order valence-corrected chi connectivity index (χ3v) is 11.2. The predicted molar refractivity (Wildman–Crippen MR) is 152 cm³/mol. The van der Waals surface area contributed by atoms with Crippen molar-refractivity contribution in [2.75, 3.05) is 5.32 Å². The molecule has 3 heterocycles. The molecule has 0 spiro atoms. The number of carbonyl (C=O) groups is 1. The molecule has 0 bridgehead atoms. The molecule has 0 saturated heterocycles. The molecule has 3 N–H and O–H groups in total. The van der Waals surface area contributed by atoms with Crippen molar-refractivity contribution < 1.29 is 97.0 Å². The van der Waals surface area contributed by atoms with E-state index in [0.29, 0.717) is 22.3 Å². The largest absolute Gasteiger partial charge is 1.00 e. The first-order chi connectivity index (χ1) is 19.8. The van der Waals surface area contributed by atoms with E-state index >= 15 is 0 Å². The normalized spacial score (nSPS) is 20.6. The number of ether oxygens (including phenoxy) is 1. The van der Waals surface area contributed by atoms with Crippen LogP contribution in [-0.4, -0.2) is 49.1 Å². The van der Waals surface area contributed by atoms with Crippen LogP contribution in [0.15, 0.2) is 46.2 Å². The second-order valence-electron chi connectivity index (χ2n) is 12.5. The topological polar surface area (TPSA) is 187 Å². The zero-order chi connectivity index (χ0) is 31.6. The van der Waals surface area contributed by atoms with Crippen LogP contribution in [0.5, 0.6) is 11.5 Å². The van der Waals surface area contributed by atoms with E-state index in [9.17, 15) is 35.8 Å². The van der Waals surface area contributed by atoms with Gasteiger partial charge in [-0.05, 0) is 63.1 Å². The van der Waals surface area contributed by atoms with Gasteiger partial charge in [0.15, 0.2) is 22.4 Å². The van der Waals surface area contributed by atoms with E-state index in [2.05, 4.69) is 10.3 Å². The molecule has 2 atom stereocenters. The van der Waals surface area contributed by atoms with Crippen molar-refractivity contribution in [1.82, 2.24) is 0 Å². The van der Waals surface area contributed by atoms with Crippen molar-refractivity contribution in [3.63, 3.8) is 0 Å². The van der Waals surface area contributed by atoms with Crippen LogP contribution < -0.4 is 77.0 Å². The van der Waals surface area contributed by atoms with Crippen molar-refractivity contribution in [2.24, 2.45) is 0 Å². The van der Waals surface area contributed by atoms with Gasteiger partial charge in [0.2, 0.25) is 5.36 Å². The first kappa shape index (κ1) is 33.2. The number of nitrogens with one attached hydrogen (secondary N) is 2. The SMILES string of the molecule is CC1Nc2c(cc3c(c2S(=O)(=O)[O-])Oc2c(S(=O)(=O)[O-])c4c(cc2=C3c2ccc(C(=O)O)cc2)C(C)(C)C(C)[NH+]=4)C1(C)C.[K+]. The molecule has 6 rings (SSSR count). The maximum Gasteiger partial charge on any atom is 1.00 e. The Bertz CT molecular complexity index is 2140. The molecule has 0 amide bonds. The molecule has 3 aromatic rings. The summed E-state index contributed by atoms with van der Waals surface area (Å²) in [5.41, 5.74) is 0.725. The van der Waals surface area contributed by atoms with Gasteiger partial charge in [0.1, 0.15) is 25.1 Å². The van der Waals surface area contributed by atoms with Gasteiger partial charge in [-0.25, -0.2) is 26.6 Å². The van der Waals surface area contributed by atoms with Crippen LogP contribution in [0.4, 0.5) is 5.69 Å². The Labute approximate surface area is 297 Å². The Morgan fingerprint density at radius 1 is 0.909 bits per heavy atom. The Morgan fingerprint density at radius 2 is 1.50 bits per heavy atom. The van der Waals surface area contributed by atoms with Crippen LogP contribution in [0.2, 0.25) is 0 Å². The van der Waals surface area contributed by atoms with Crippen LogP contribution in [0.25, 0.3) is 5.57 Å². The number of aromatic carboxylic acids is 1. The van der Waals surface area contributed by atoms with E-state index < -0.39 is 58.3 Å². The van der Waals surface area contributed by atoms with Crippen LogP contribution in [0.3, 0.4) is 0 Å². The van der Waals surface area contributed by atoms with Crippen molar-refractivity contribution in [2.45, 2.75) is 74.2 Å². The van der Waals surface area contributed by atoms with E-state index in [1.165, 1.54) is 24.3 Å². The molecule has 0 fully saturated rings. The van der Waals surface area contributed by atoms with Gasteiger partial charge in [-0.3, -0.25) is 0 Å². The van der Waals surface area contributed by atoms with E-state index in [0.717, 1.165) is 0 Å². The van der Waals surface area contributed by atoms with E-state index in [1.54, 1.807) is 12.1 Å². The van der Waals surface area contributed by atoms with Gasteiger partial charge in [-0.1, -0.05) is 26.0 Å². The van der Waals surface area contributed by atoms with Gasteiger partial charge >= 0.3 is 57.4 Å². The molecule has 11 nitrogen and oxygen atoms in total. The Morgan fingerprint density at radius 3 is 2.05 bits per heavy atom. The predicted octanol–water partition coefficient (Wildman–Crippen LogP) is -1.98. The summed E-state index contributed by atoms with van der Waals surface area (Å²) >= 11 is 0. The minimum absolute atomic E-state index is 0. The number of rotatable bonds is 4. The van der Waals surface area contributed by atoms with Crippen LogP contribution in [-0.2, 0) is 31.1 Å². The molecule has 3 aromatic carbocycles. The molecule has 3 aliphatic heterocycles. The van der Waals surface area contributed by atoms with Gasteiger partial charge in [0.05, 0.1) is 16.7 Å². The third kappa shape index (κ3) is 4.81. The van der Waals surface area contributed by atoms with Crippen molar-refractivity contribution in [3.8, 4) is 11.5 Å². The van der Waals surface area contributed by atoms with Crippen molar-refractivity contribution in [1.29, 1.82) is 0 Å². The summed E-state index contributed by atoms with van der Waals surface area (Å²) in [5, 5.41) is 12.8. The van der Waals surface area contributed by atoms with Gasteiger partial charge in [0, 0.05) is 33.4 Å². The molecular weight excluding hydrogens is 636 g/mol. The fourth-order valence-electron chi connectivity index (χ4n) is 6.23. The van der Waals surface area contributed by atoms with Crippen molar-refractivity contribution >= 4 is 37.5 Å². The maximum atomic E-state index is 12.9. The first-order valence-corrected chi connectivity index (χ1v) is 16.3. The zero-order valence-electron chi connectivity index (χ0n) is 25.1. The van der Waals surface area contributed by atoms with Gasteiger partial charge in [-0.2, -0.15) is 0 Å². The molecule has 3 aliphatic rings. The van der Waals surface area contributed by atoms with E-state index in [4.69, 9.17) is 4.74 Å². The minimum atomic E-state index is -5.23. The number of benzene rings is 3. The molecule has 0 radical (unpaired) electrons. The summed E-state index contributed by atoms with van der Waals surface area (Å²) < 4.78 is 83.6. The molecular formula is C30H29KN2O9S2. The number of anilines is 1. The summed E-state index contributed by atoms with van der Waals surface area (Å²) in [6, 6.07) is 8.57. The molecule has 226 valence electrons. The van der Waals surface area contributed by atoms with Crippen LogP contribution in [0.1, 0.15) is 74.2 Å². The summed E-state index contributed by atoms with van der Waals surface area (Å²) in [6.07, 6.45) is 0. The first-order valence-electron chi connectivity index (χ1n) is 13.5. The standard InChI is InChI=1S/C30H30N2O9S2.K/c1-13-29(3,4)19-11-17-21(15-7-9-16(10-8-15)28(33)34)18-12-20-23(32-14(2)30(20,5)6)27(43(38,39)40)25(18)41-24(17)26(22(19)31-13)42(35,36)37;/h7-14,31H,1-6H3,(H,33,34)(H,35,36,37)(H,38,39,40);/q;+1/p-1.